The van der Waals surface area contributed by atoms with Crippen LogP contribution in [0.2, 0.25) is 0 Å². The Morgan fingerprint density at radius 2 is 1.50 bits per heavy atom. The lowest BCUT2D eigenvalue weighted by atomic mass is 9.50. The van der Waals surface area contributed by atoms with Crippen molar-refractivity contribution in [3.8, 4) is 0 Å². The molecule has 28 heavy (non-hydrogen) atoms. The van der Waals surface area contributed by atoms with Crippen LogP contribution in [-0.2, 0) is 19.1 Å². The molecule has 4 rings (SSSR count). The molecule has 0 heterocycles. The zero-order valence-corrected chi connectivity index (χ0v) is 17.7. The number of halogens is 2. The molecule has 0 aliphatic heterocycles. The molecule has 6 heteroatoms. The summed E-state index contributed by atoms with van der Waals surface area (Å²) in [4.78, 5) is 24.9. The van der Waals surface area contributed by atoms with Gasteiger partial charge in [0.05, 0.1) is 5.41 Å². The van der Waals surface area contributed by atoms with Crippen LogP contribution in [0.4, 0.5) is 8.78 Å². The van der Waals surface area contributed by atoms with Gasteiger partial charge in [-0.15, -0.1) is 0 Å². The Labute approximate surface area is 166 Å². The average Bonchev–Trinajstić information content (AvgIpc) is 2.63. The fraction of sp³-hybridized carbons (Fsp3) is 0.909. The standard InChI is InChI=1S/C22H34F2O4/c1-6-17(27-18(25)20(3,4)7-2)22(23,24)19(26)28-21(5)15-9-13-8-14(11-15)12-16(21)10-13/h13-17H,6-12H2,1-5H3. The average molecular weight is 401 g/mol. The minimum Gasteiger partial charge on any atom is -0.455 e. The molecule has 4 fully saturated rings. The summed E-state index contributed by atoms with van der Waals surface area (Å²) in [5.41, 5.74) is -1.71. The molecule has 4 saturated carbocycles. The molecule has 0 N–H and O–H groups in total. The van der Waals surface area contributed by atoms with Gasteiger partial charge in [0.2, 0.25) is 0 Å². The zero-order valence-electron chi connectivity index (χ0n) is 17.7. The van der Waals surface area contributed by atoms with E-state index in [0.717, 1.165) is 25.7 Å². The third-order valence-corrected chi connectivity index (χ3v) is 7.81. The quantitative estimate of drug-likeness (QED) is 0.556. The molecule has 0 radical (unpaired) electrons. The molecular weight excluding hydrogens is 366 g/mol. The number of alkyl halides is 2. The van der Waals surface area contributed by atoms with E-state index in [1.165, 1.54) is 13.3 Å². The Morgan fingerprint density at radius 1 is 1.00 bits per heavy atom. The Hall–Kier alpha value is -1.20. The molecule has 4 nitrogen and oxygen atoms in total. The van der Waals surface area contributed by atoms with Gasteiger partial charge in [-0.05, 0) is 89.4 Å². The van der Waals surface area contributed by atoms with E-state index in [1.807, 2.05) is 6.92 Å². The molecule has 0 saturated heterocycles. The summed E-state index contributed by atoms with van der Waals surface area (Å²) < 4.78 is 40.6. The van der Waals surface area contributed by atoms with Gasteiger partial charge in [-0.2, -0.15) is 8.78 Å². The molecule has 1 atom stereocenters. The third-order valence-electron chi connectivity index (χ3n) is 7.81. The Balaban J connectivity index is 1.72. The van der Waals surface area contributed by atoms with Crippen molar-refractivity contribution in [2.45, 2.75) is 97.2 Å². The third kappa shape index (κ3) is 3.56. The molecule has 160 valence electrons. The summed E-state index contributed by atoms with van der Waals surface area (Å²) in [6.45, 7) is 8.41. The summed E-state index contributed by atoms with van der Waals surface area (Å²) in [7, 11) is 0. The van der Waals surface area contributed by atoms with Crippen molar-refractivity contribution in [2.75, 3.05) is 0 Å². The second-order valence-electron chi connectivity index (χ2n) is 10.0. The van der Waals surface area contributed by atoms with E-state index in [2.05, 4.69) is 0 Å². The van der Waals surface area contributed by atoms with Crippen molar-refractivity contribution >= 4 is 11.9 Å². The first kappa shape index (κ1) is 21.5. The predicted molar refractivity (Wildman–Crippen MR) is 101 cm³/mol. The van der Waals surface area contributed by atoms with Crippen molar-refractivity contribution in [2.24, 2.45) is 29.1 Å². The molecule has 0 aromatic carbocycles. The first-order chi connectivity index (χ1) is 12.9. The van der Waals surface area contributed by atoms with Crippen LogP contribution in [0.15, 0.2) is 0 Å². The number of carbonyl (C=O) groups is 2. The Kier molecular flexibility index (Phi) is 5.56. The van der Waals surface area contributed by atoms with E-state index < -0.39 is 35.0 Å². The number of hydrogen-bond donors (Lipinski definition) is 0. The number of ether oxygens (including phenoxy) is 2. The van der Waals surface area contributed by atoms with E-state index in [1.54, 1.807) is 20.8 Å². The van der Waals surface area contributed by atoms with Gasteiger partial charge >= 0.3 is 17.9 Å². The van der Waals surface area contributed by atoms with Crippen molar-refractivity contribution in [1.29, 1.82) is 0 Å². The number of hydrogen-bond acceptors (Lipinski definition) is 4. The fourth-order valence-corrected chi connectivity index (χ4v) is 5.53. The summed E-state index contributed by atoms with van der Waals surface area (Å²) in [6.07, 6.45) is 3.56. The Morgan fingerprint density at radius 3 is 1.93 bits per heavy atom. The highest BCUT2D eigenvalue weighted by Crippen LogP contribution is 2.59. The monoisotopic (exact) mass is 400 g/mol. The van der Waals surface area contributed by atoms with Crippen LogP contribution >= 0.6 is 0 Å². The number of rotatable bonds is 7. The molecule has 0 aromatic rings. The lowest BCUT2D eigenvalue weighted by Crippen LogP contribution is -2.60. The zero-order chi connectivity index (χ0) is 20.9. The van der Waals surface area contributed by atoms with Crippen molar-refractivity contribution in [1.82, 2.24) is 0 Å². The highest BCUT2D eigenvalue weighted by molar-refractivity contribution is 5.81. The fourth-order valence-electron chi connectivity index (χ4n) is 5.53. The van der Waals surface area contributed by atoms with Crippen LogP contribution in [0.1, 0.15) is 79.6 Å². The second kappa shape index (κ2) is 7.24. The Bertz CT molecular complexity index is 600. The van der Waals surface area contributed by atoms with E-state index in [4.69, 9.17) is 9.47 Å². The molecule has 0 aromatic heterocycles. The van der Waals surface area contributed by atoms with E-state index in [-0.39, 0.29) is 18.3 Å². The first-order valence-electron chi connectivity index (χ1n) is 10.8. The van der Waals surface area contributed by atoms with Gasteiger partial charge in [0.1, 0.15) is 5.60 Å². The second-order valence-corrected chi connectivity index (χ2v) is 10.0. The minimum absolute atomic E-state index is 0.151. The SMILES string of the molecule is CCC(OC(=O)C(C)(C)CC)C(F)(F)C(=O)OC1(C)C2CC3CC(C2)CC1C3. The maximum atomic E-state index is 15.0. The van der Waals surface area contributed by atoms with Crippen molar-refractivity contribution < 1.29 is 27.8 Å². The van der Waals surface area contributed by atoms with Crippen LogP contribution in [0.25, 0.3) is 0 Å². The maximum absolute atomic E-state index is 15.0. The van der Waals surface area contributed by atoms with Crippen LogP contribution in [0, 0.1) is 29.1 Å². The lowest BCUT2D eigenvalue weighted by Gasteiger charge is -2.59. The van der Waals surface area contributed by atoms with Crippen LogP contribution < -0.4 is 0 Å². The number of carbonyl (C=O) groups excluding carboxylic acids is 2. The normalized spacial score (nSPS) is 35.5. The summed E-state index contributed by atoms with van der Waals surface area (Å²) in [5, 5.41) is 0. The van der Waals surface area contributed by atoms with Gasteiger partial charge in [0.15, 0.2) is 6.10 Å². The summed E-state index contributed by atoms with van der Waals surface area (Å²) in [5.74, 6) is -4.50. The van der Waals surface area contributed by atoms with Crippen LogP contribution in [0.5, 0.6) is 0 Å². The van der Waals surface area contributed by atoms with E-state index >= 15 is 0 Å². The summed E-state index contributed by atoms with van der Waals surface area (Å²) >= 11 is 0. The molecule has 4 bridgehead atoms. The lowest BCUT2D eigenvalue weighted by molar-refractivity contribution is -0.236. The van der Waals surface area contributed by atoms with Crippen LogP contribution in [-0.4, -0.2) is 29.6 Å². The minimum atomic E-state index is -3.86. The molecule has 4 aliphatic carbocycles. The largest absolute Gasteiger partial charge is 0.455 e. The van der Waals surface area contributed by atoms with Crippen LogP contribution in [0.3, 0.4) is 0 Å². The highest BCUT2D eigenvalue weighted by atomic mass is 19.3. The molecule has 0 spiro atoms. The highest BCUT2D eigenvalue weighted by Gasteiger charge is 2.60. The van der Waals surface area contributed by atoms with Gasteiger partial charge in [0.25, 0.3) is 0 Å². The van der Waals surface area contributed by atoms with Crippen molar-refractivity contribution in [3.63, 3.8) is 0 Å². The smallest absolute Gasteiger partial charge is 0.381 e. The van der Waals surface area contributed by atoms with E-state index in [0.29, 0.717) is 18.3 Å². The van der Waals surface area contributed by atoms with E-state index in [9.17, 15) is 18.4 Å². The molecular formula is C22H34F2O4. The number of esters is 2. The van der Waals surface area contributed by atoms with Gasteiger partial charge < -0.3 is 9.47 Å². The predicted octanol–water partition coefficient (Wildman–Crippen LogP) is 5.14. The van der Waals surface area contributed by atoms with Gasteiger partial charge in [-0.1, -0.05) is 13.8 Å². The molecule has 0 amide bonds. The molecule has 4 aliphatic rings. The van der Waals surface area contributed by atoms with Gasteiger partial charge in [-0.3, -0.25) is 4.79 Å². The van der Waals surface area contributed by atoms with Gasteiger partial charge in [0, 0.05) is 0 Å². The topological polar surface area (TPSA) is 52.6 Å². The maximum Gasteiger partial charge on any atom is 0.381 e. The van der Waals surface area contributed by atoms with Gasteiger partial charge in [-0.25, -0.2) is 4.79 Å². The molecule has 1 unspecified atom stereocenters. The van der Waals surface area contributed by atoms with Crippen molar-refractivity contribution in [3.05, 3.63) is 0 Å². The first-order valence-corrected chi connectivity index (χ1v) is 10.8. The summed E-state index contributed by atoms with van der Waals surface area (Å²) in [6, 6.07) is 0.